The zero-order chi connectivity index (χ0) is 16.7. The van der Waals surface area contributed by atoms with Crippen LogP contribution in [0.1, 0.15) is 28.4 Å². The van der Waals surface area contributed by atoms with Gasteiger partial charge in [-0.1, -0.05) is 25.1 Å². The molecule has 2 aromatic rings. The van der Waals surface area contributed by atoms with Gasteiger partial charge in [-0.15, -0.1) is 11.8 Å². The molecule has 0 unspecified atom stereocenters. The van der Waals surface area contributed by atoms with Crippen molar-refractivity contribution in [1.82, 2.24) is 5.32 Å². The van der Waals surface area contributed by atoms with Crippen LogP contribution >= 0.6 is 11.8 Å². The fourth-order valence-electron chi connectivity index (χ4n) is 2.38. The number of thioether (sulfide) groups is 1. The van der Waals surface area contributed by atoms with Gasteiger partial charge in [-0.25, -0.2) is 0 Å². The van der Waals surface area contributed by atoms with Gasteiger partial charge >= 0.3 is 0 Å². The van der Waals surface area contributed by atoms with E-state index in [1.807, 2.05) is 50.2 Å². The van der Waals surface area contributed by atoms with Crippen molar-refractivity contribution in [3.05, 3.63) is 59.2 Å². The molecule has 0 bridgehead atoms. The highest BCUT2D eigenvalue weighted by molar-refractivity contribution is 7.99. The third-order valence-corrected chi connectivity index (χ3v) is 4.24. The second-order valence-corrected chi connectivity index (χ2v) is 6.66. The number of rotatable bonds is 7. The van der Waals surface area contributed by atoms with E-state index in [2.05, 4.69) is 18.3 Å². The van der Waals surface area contributed by atoms with Gasteiger partial charge in [0, 0.05) is 4.90 Å². The second-order valence-electron chi connectivity index (χ2n) is 5.36. The molecule has 0 aliphatic heterocycles. The molecule has 0 aliphatic carbocycles. The van der Waals surface area contributed by atoms with Crippen molar-refractivity contribution in [3.8, 4) is 5.75 Å². The monoisotopic (exact) mass is 329 g/mol. The average molecular weight is 329 g/mol. The Kier molecular flexibility index (Phi) is 6.53. The fraction of sp³-hybridized carbons (Fsp3) is 0.316. The summed E-state index contributed by atoms with van der Waals surface area (Å²) in [5.74, 6) is 1.74. The van der Waals surface area contributed by atoms with E-state index < -0.39 is 0 Å². The molecule has 122 valence electrons. The van der Waals surface area contributed by atoms with Crippen LogP contribution in [-0.2, 0) is 0 Å². The molecule has 0 fully saturated rings. The lowest BCUT2D eigenvalue weighted by molar-refractivity contribution is 0.0944. The van der Waals surface area contributed by atoms with Gasteiger partial charge in [0.25, 0.3) is 5.91 Å². The first-order valence-corrected chi connectivity index (χ1v) is 8.80. The quantitative estimate of drug-likeness (QED) is 0.610. The Morgan fingerprint density at radius 1 is 1.13 bits per heavy atom. The lowest BCUT2D eigenvalue weighted by Gasteiger charge is -2.11. The molecule has 0 spiro atoms. The number of nitrogens with one attached hydrogen (secondary N) is 1. The largest absolute Gasteiger partial charge is 0.492 e. The van der Waals surface area contributed by atoms with Crippen molar-refractivity contribution < 1.29 is 9.53 Å². The summed E-state index contributed by atoms with van der Waals surface area (Å²) in [6.45, 7) is 7.11. The molecule has 23 heavy (non-hydrogen) atoms. The van der Waals surface area contributed by atoms with Gasteiger partial charge < -0.3 is 10.1 Å². The molecule has 0 saturated carbocycles. The van der Waals surface area contributed by atoms with Crippen molar-refractivity contribution in [2.45, 2.75) is 25.7 Å². The highest BCUT2D eigenvalue weighted by Gasteiger charge is 2.10. The molecule has 0 heterocycles. The summed E-state index contributed by atoms with van der Waals surface area (Å²) in [5, 5.41) is 2.92. The molecule has 0 aliphatic rings. The number of hydrogen-bond donors (Lipinski definition) is 1. The average Bonchev–Trinajstić information content (AvgIpc) is 2.51. The number of aryl methyl sites for hydroxylation is 2. The fourth-order valence-corrected chi connectivity index (χ4v) is 3.18. The first-order chi connectivity index (χ1) is 11.1. The standard InChI is InChI=1S/C19H23NO2S/c1-4-23-18-8-6-5-7-17(18)19(21)20-9-10-22-16-12-14(2)11-15(3)13-16/h5-8,11-13H,4,9-10H2,1-3H3,(H,20,21). The van der Waals surface area contributed by atoms with E-state index in [1.165, 1.54) is 11.1 Å². The van der Waals surface area contributed by atoms with Crippen LogP contribution < -0.4 is 10.1 Å². The zero-order valence-electron chi connectivity index (χ0n) is 13.9. The van der Waals surface area contributed by atoms with Crippen LogP contribution in [0.3, 0.4) is 0 Å². The summed E-state index contributed by atoms with van der Waals surface area (Å²) >= 11 is 1.68. The maximum atomic E-state index is 12.3. The van der Waals surface area contributed by atoms with Crippen LogP contribution in [0.5, 0.6) is 5.75 Å². The summed E-state index contributed by atoms with van der Waals surface area (Å²) in [6, 6.07) is 13.8. The molecule has 1 N–H and O–H groups in total. The predicted octanol–water partition coefficient (Wildman–Crippen LogP) is 4.22. The second kappa shape index (κ2) is 8.63. The molecule has 0 aromatic heterocycles. The van der Waals surface area contributed by atoms with Crippen molar-refractivity contribution in [2.24, 2.45) is 0 Å². The summed E-state index contributed by atoms with van der Waals surface area (Å²) in [6.07, 6.45) is 0. The van der Waals surface area contributed by atoms with Crippen LogP contribution in [0.2, 0.25) is 0 Å². The minimum Gasteiger partial charge on any atom is -0.492 e. The molecule has 2 aromatic carbocycles. The van der Waals surface area contributed by atoms with Gasteiger partial charge in [-0.2, -0.15) is 0 Å². The van der Waals surface area contributed by atoms with Crippen molar-refractivity contribution in [1.29, 1.82) is 0 Å². The smallest absolute Gasteiger partial charge is 0.252 e. The first kappa shape index (κ1) is 17.4. The summed E-state index contributed by atoms with van der Waals surface area (Å²) in [4.78, 5) is 13.3. The number of benzene rings is 2. The lowest BCUT2D eigenvalue weighted by Crippen LogP contribution is -2.28. The van der Waals surface area contributed by atoms with Crippen molar-refractivity contribution in [2.75, 3.05) is 18.9 Å². The minimum atomic E-state index is -0.0504. The third-order valence-electron chi connectivity index (χ3n) is 3.28. The topological polar surface area (TPSA) is 38.3 Å². The van der Waals surface area contributed by atoms with E-state index in [0.29, 0.717) is 13.2 Å². The minimum absolute atomic E-state index is 0.0504. The van der Waals surface area contributed by atoms with E-state index in [0.717, 1.165) is 22.0 Å². The van der Waals surface area contributed by atoms with Crippen molar-refractivity contribution in [3.63, 3.8) is 0 Å². The Morgan fingerprint density at radius 3 is 2.52 bits per heavy atom. The third kappa shape index (κ3) is 5.32. The normalized spacial score (nSPS) is 10.4. The highest BCUT2D eigenvalue weighted by atomic mass is 32.2. The van der Waals surface area contributed by atoms with Gasteiger partial charge in [0.1, 0.15) is 12.4 Å². The molecular formula is C19H23NO2S. The van der Waals surface area contributed by atoms with Crippen molar-refractivity contribution >= 4 is 17.7 Å². The number of carbonyl (C=O) groups is 1. The molecule has 4 heteroatoms. The summed E-state index contributed by atoms with van der Waals surface area (Å²) in [5.41, 5.74) is 3.08. The van der Waals surface area contributed by atoms with Gasteiger partial charge in [-0.05, 0) is 55.0 Å². The Hall–Kier alpha value is -1.94. The first-order valence-electron chi connectivity index (χ1n) is 7.81. The Balaban J connectivity index is 1.85. The van der Waals surface area contributed by atoms with E-state index in [-0.39, 0.29) is 5.91 Å². The molecule has 0 atom stereocenters. The van der Waals surface area contributed by atoms with E-state index >= 15 is 0 Å². The van der Waals surface area contributed by atoms with Crippen LogP contribution in [0, 0.1) is 13.8 Å². The van der Waals surface area contributed by atoms with Crippen LogP contribution in [0.15, 0.2) is 47.4 Å². The molecule has 2 rings (SSSR count). The highest BCUT2D eigenvalue weighted by Crippen LogP contribution is 2.22. The molecule has 0 radical (unpaired) electrons. The maximum Gasteiger partial charge on any atom is 0.252 e. The van der Waals surface area contributed by atoms with Gasteiger partial charge in [0.15, 0.2) is 0 Å². The van der Waals surface area contributed by atoms with Crippen LogP contribution in [0.4, 0.5) is 0 Å². The molecule has 3 nitrogen and oxygen atoms in total. The number of amides is 1. The number of carbonyl (C=O) groups excluding carboxylic acids is 1. The summed E-state index contributed by atoms with van der Waals surface area (Å²) in [7, 11) is 0. The van der Waals surface area contributed by atoms with E-state index in [1.54, 1.807) is 11.8 Å². The lowest BCUT2D eigenvalue weighted by atomic mass is 10.1. The Bertz CT molecular complexity index is 650. The van der Waals surface area contributed by atoms with E-state index in [9.17, 15) is 4.79 Å². The predicted molar refractivity (Wildman–Crippen MR) is 96.6 cm³/mol. The van der Waals surface area contributed by atoms with Crippen LogP contribution in [0.25, 0.3) is 0 Å². The zero-order valence-corrected chi connectivity index (χ0v) is 14.7. The Labute approximate surface area is 142 Å². The molecule has 0 saturated heterocycles. The maximum absolute atomic E-state index is 12.3. The van der Waals surface area contributed by atoms with Crippen LogP contribution in [-0.4, -0.2) is 24.8 Å². The van der Waals surface area contributed by atoms with Gasteiger partial charge in [-0.3, -0.25) is 4.79 Å². The number of ether oxygens (including phenoxy) is 1. The SMILES string of the molecule is CCSc1ccccc1C(=O)NCCOc1cc(C)cc(C)c1. The van der Waals surface area contributed by atoms with Gasteiger partial charge in [0.05, 0.1) is 12.1 Å². The molecule has 1 amide bonds. The molecular weight excluding hydrogens is 306 g/mol. The number of hydrogen-bond acceptors (Lipinski definition) is 3. The van der Waals surface area contributed by atoms with E-state index in [4.69, 9.17) is 4.74 Å². The Morgan fingerprint density at radius 2 is 1.83 bits per heavy atom. The summed E-state index contributed by atoms with van der Waals surface area (Å²) < 4.78 is 5.71. The van der Waals surface area contributed by atoms with Gasteiger partial charge in [0.2, 0.25) is 0 Å².